The number of nitro groups is 1. The zero-order valence-corrected chi connectivity index (χ0v) is 10.6. The van der Waals surface area contributed by atoms with Crippen LogP contribution < -0.4 is 4.74 Å². The lowest BCUT2D eigenvalue weighted by molar-refractivity contribution is -0.384. The van der Waals surface area contributed by atoms with Crippen molar-refractivity contribution in [3.8, 4) is 5.75 Å². The van der Waals surface area contributed by atoms with E-state index in [-0.39, 0.29) is 11.4 Å². The minimum absolute atomic E-state index is 0.0914. The average molecular weight is 285 g/mol. The molecule has 0 radical (unpaired) electrons. The summed E-state index contributed by atoms with van der Waals surface area (Å²) in [4.78, 5) is 9.97. The van der Waals surface area contributed by atoms with Crippen molar-refractivity contribution in [1.82, 2.24) is 0 Å². The molecule has 1 unspecified atom stereocenters. The number of nitro benzene ring substituents is 1. The molecule has 1 fully saturated rings. The molecule has 0 spiro atoms. The molecule has 8 heteroatoms. The summed E-state index contributed by atoms with van der Waals surface area (Å²) in [6.45, 7) is 1.53. The lowest BCUT2D eigenvalue weighted by atomic mass is 10.00. The van der Waals surface area contributed by atoms with Crippen LogP contribution in [-0.2, 0) is 4.74 Å². The molecule has 20 heavy (non-hydrogen) atoms. The number of ether oxygens (including phenoxy) is 2. The molecule has 110 valence electrons. The lowest BCUT2D eigenvalue weighted by Crippen LogP contribution is -2.58. The van der Waals surface area contributed by atoms with Gasteiger partial charge in [0.05, 0.1) is 11.0 Å². The van der Waals surface area contributed by atoms with Gasteiger partial charge in [-0.2, -0.15) is 0 Å². The van der Waals surface area contributed by atoms with Gasteiger partial charge in [0.2, 0.25) is 6.29 Å². The maximum atomic E-state index is 10.5. The van der Waals surface area contributed by atoms with Gasteiger partial charge < -0.3 is 24.8 Å². The topological polar surface area (TPSA) is 122 Å². The molecule has 0 saturated carbocycles. The minimum atomic E-state index is -1.42. The van der Waals surface area contributed by atoms with Crippen LogP contribution in [0.25, 0.3) is 0 Å². The Morgan fingerprint density at radius 1 is 1.15 bits per heavy atom. The first-order chi connectivity index (χ1) is 9.40. The molecular formula is C12H15NO7. The Morgan fingerprint density at radius 3 is 2.30 bits per heavy atom. The van der Waals surface area contributed by atoms with Crippen LogP contribution in [-0.4, -0.2) is 50.9 Å². The average Bonchev–Trinajstić information content (AvgIpc) is 2.43. The normalized spacial score (nSPS) is 33.7. The van der Waals surface area contributed by atoms with Crippen molar-refractivity contribution in [2.45, 2.75) is 37.6 Å². The summed E-state index contributed by atoms with van der Waals surface area (Å²) in [5.74, 6) is 0.246. The van der Waals surface area contributed by atoms with Crippen molar-refractivity contribution in [3.05, 3.63) is 34.4 Å². The number of aliphatic hydroxyl groups is 3. The molecule has 8 nitrogen and oxygen atoms in total. The van der Waals surface area contributed by atoms with Crippen LogP contribution in [0.1, 0.15) is 6.92 Å². The molecule has 0 amide bonds. The number of rotatable bonds is 3. The second-order valence-electron chi connectivity index (χ2n) is 4.55. The molecule has 1 aromatic rings. The summed E-state index contributed by atoms with van der Waals surface area (Å²) in [7, 11) is 0. The number of hydrogen-bond donors (Lipinski definition) is 3. The van der Waals surface area contributed by atoms with Gasteiger partial charge in [-0.15, -0.1) is 0 Å². The third kappa shape index (κ3) is 2.88. The van der Waals surface area contributed by atoms with Gasteiger partial charge >= 0.3 is 0 Å². The number of aliphatic hydroxyl groups excluding tert-OH is 3. The Kier molecular flexibility index (Phi) is 4.19. The van der Waals surface area contributed by atoms with E-state index in [1.165, 1.54) is 31.2 Å². The summed E-state index contributed by atoms with van der Waals surface area (Å²) >= 11 is 0. The first-order valence-corrected chi connectivity index (χ1v) is 6.01. The van der Waals surface area contributed by atoms with E-state index >= 15 is 0 Å². The summed E-state index contributed by atoms with van der Waals surface area (Å²) < 4.78 is 10.6. The smallest absolute Gasteiger partial charge is 0.269 e. The maximum absolute atomic E-state index is 10.5. The predicted octanol–water partition coefficient (Wildman–Crippen LogP) is -0.199. The van der Waals surface area contributed by atoms with Gasteiger partial charge in [-0.1, -0.05) is 0 Å². The van der Waals surface area contributed by atoms with Gasteiger partial charge in [0, 0.05) is 12.1 Å². The Balaban J connectivity index is 2.07. The molecule has 5 atom stereocenters. The monoisotopic (exact) mass is 285 g/mol. The SMILES string of the molecule is C[C@@H]1O[C@@H](Oc2ccc([N+](=O)[O-])cc2)[C@H](O)C(O)[C@H]1O. The molecule has 1 aliphatic rings. The predicted molar refractivity (Wildman–Crippen MR) is 66.1 cm³/mol. The van der Waals surface area contributed by atoms with Crippen LogP contribution in [0.15, 0.2) is 24.3 Å². The van der Waals surface area contributed by atoms with Gasteiger partial charge in [-0.3, -0.25) is 10.1 Å². The summed E-state index contributed by atoms with van der Waals surface area (Å²) in [6.07, 6.45) is -5.89. The third-order valence-electron chi connectivity index (χ3n) is 3.11. The van der Waals surface area contributed by atoms with Crippen LogP contribution in [0.2, 0.25) is 0 Å². The highest BCUT2D eigenvalue weighted by Crippen LogP contribution is 2.25. The molecule has 0 aliphatic carbocycles. The van der Waals surface area contributed by atoms with E-state index < -0.39 is 35.6 Å². The fourth-order valence-electron chi connectivity index (χ4n) is 1.89. The van der Waals surface area contributed by atoms with Gasteiger partial charge in [0.25, 0.3) is 5.69 Å². The Bertz CT molecular complexity index is 477. The fourth-order valence-corrected chi connectivity index (χ4v) is 1.89. The minimum Gasteiger partial charge on any atom is -0.462 e. The second-order valence-corrected chi connectivity index (χ2v) is 4.55. The van der Waals surface area contributed by atoms with Crippen molar-refractivity contribution in [3.63, 3.8) is 0 Å². The van der Waals surface area contributed by atoms with Crippen LogP contribution in [0.3, 0.4) is 0 Å². The highest BCUT2D eigenvalue weighted by atomic mass is 16.7. The van der Waals surface area contributed by atoms with E-state index in [4.69, 9.17) is 9.47 Å². The first-order valence-electron chi connectivity index (χ1n) is 6.01. The Hall–Kier alpha value is -1.74. The molecule has 1 heterocycles. The summed E-state index contributed by atoms with van der Waals surface area (Å²) in [6, 6.07) is 5.21. The third-order valence-corrected chi connectivity index (χ3v) is 3.11. The second kappa shape index (κ2) is 5.71. The van der Waals surface area contributed by atoms with Crippen molar-refractivity contribution < 1.29 is 29.7 Å². The number of benzene rings is 1. The number of non-ortho nitro benzene ring substituents is 1. The van der Waals surface area contributed by atoms with Crippen LogP contribution in [0, 0.1) is 10.1 Å². The quantitative estimate of drug-likeness (QED) is 0.519. The van der Waals surface area contributed by atoms with E-state index in [1.54, 1.807) is 0 Å². The maximum Gasteiger partial charge on any atom is 0.269 e. The number of nitrogens with zero attached hydrogens (tertiary/aromatic N) is 1. The molecule has 1 aromatic carbocycles. The fraction of sp³-hybridized carbons (Fsp3) is 0.500. The summed E-state index contributed by atoms with van der Waals surface area (Å²) in [5.41, 5.74) is -0.0914. The molecule has 0 aromatic heterocycles. The number of hydrogen-bond acceptors (Lipinski definition) is 7. The van der Waals surface area contributed by atoms with Gasteiger partial charge in [-0.25, -0.2) is 0 Å². The molecule has 1 saturated heterocycles. The summed E-state index contributed by atoms with van der Waals surface area (Å²) in [5, 5.41) is 39.4. The molecule has 0 bridgehead atoms. The Labute approximate surface area is 114 Å². The standard InChI is InChI=1S/C12H15NO7/c1-6-9(14)10(15)11(16)12(19-6)20-8-4-2-7(3-5-8)13(17)18/h2-6,9-12,14-16H,1H3/t6-,9-,10?,11+,12-/m0/s1. The van der Waals surface area contributed by atoms with E-state index in [1.807, 2.05) is 0 Å². The van der Waals surface area contributed by atoms with E-state index in [0.717, 1.165) is 0 Å². The largest absolute Gasteiger partial charge is 0.462 e. The van der Waals surface area contributed by atoms with Gasteiger partial charge in [0.15, 0.2) is 0 Å². The highest BCUT2D eigenvalue weighted by Gasteiger charge is 2.43. The van der Waals surface area contributed by atoms with Crippen LogP contribution in [0.5, 0.6) is 5.75 Å². The van der Waals surface area contributed by atoms with Crippen molar-refractivity contribution >= 4 is 5.69 Å². The van der Waals surface area contributed by atoms with Crippen LogP contribution in [0.4, 0.5) is 5.69 Å². The first kappa shape index (κ1) is 14.7. The zero-order chi connectivity index (χ0) is 14.9. The lowest BCUT2D eigenvalue weighted by Gasteiger charge is -2.38. The van der Waals surface area contributed by atoms with E-state index in [0.29, 0.717) is 0 Å². The van der Waals surface area contributed by atoms with E-state index in [9.17, 15) is 25.4 Å². The van der Waals surface area contributed by atoms with Crippen molar-refractivity contribution in [1.29, 1.82) is 0 Å². The zero-order valence-electron chi connectivity index (χ0n) is 10.6. The Morgan fingerprint density at radius 2 is 1.75 bits per heavy atom. The van der Waals surface area contributed by atoms with Crippen molar-refractivity contribution in [2.24, 2.45) is 0 Å². The molecule has 3 N–H and O–H groups in total. The van der Waals surface area contributed by atoms with Gasteiger partial charge in [0.1, 0.15) is 24.1 Å². The van der Waals surface area contributed by atoms with E-state index in [2.05, 4.69) is 0 Å². The highest BCUT2D eigenvalue weighted by molar-refractivity contribution is 5.36. The molecular weight excluding hydrogens is 270 g/mol. The van der Waals surface area contributed by atoms with Gasteiger partial charge in [-0.05, 0) is 19.1 Å². The van der Waals surface area contributed by atoms with Crippen molar-refractivity contribution in [2.75, 3.05) is 0 Å². The van der Waals surface area contributed by atoms with Crippen LogP contribution >= 0.6 is 0 Å². The molecule has 2 rings (SSSR count). The molecule has 1 aliphatic heterocycles.